The van der Waals surface area contributed by atoms with Crippen LogP contribution >= 0.6 is 11.6 Å². The van der Waals surface area contributed by atoms with Gasteiger partial charge in [0.1, 0.15) is 35.7 Å². The molecule has 6 rings (SSSR count). The summed E-state index contributed by atoms with van der Waals surface area (Å²) in [5.41, 5.74) is 8.98. The summed E-state index contributed by atoms with van der Waals surface area (Å²) in [5.74, 6) is -4.42. The van der Waals surface area contributed by atoms with E-state index in [1.54, 1.807) is 30.9 Å². The average Bonchev–Trinajstić information content (AvgIpc) is 3.14. The van der Waals surface area contributed by atoms with Gasteiger partial charge < -0.3 is 25.8 Å². The van der Waals surface area contributed by atoms with Crippen LogP contribution in [0.5, 0.6) is 11.8 Å². The lowest BCUT2D eigenvalue weighted by Gasteiger charge is -2.31. The minimum Gasteiger partial charge on any atom is -0.489 e. The second-order valence-corrected chi connectivity index (χ2v) is 12.4. The molecule has 5 heterocycles. The molecule has 0 amide bonds. The molecule has 1 fully saturated rings. The molecule has 0 radical (unpaired) electrons. The third-order valence-electron chi connectivity index (χ3n) is 8.73. The Kier molecular flexibility index (Phi) is 8.38. The minimum absolute atomic E-state index is 0.0493. The second kappa shape index (κ2) is 12.0. The van der Waals surface area contributed by atoms with Crippen molar-refractivity contribution in [3.05, 3.63) is 51.9 Å². The molecule has 4 N–H and O–H groups in total. The smallest absolute Gasteiger partial charge is 0.418 e. The van der Waals surface area contributed by atoms with Crippen molar-refractivity contribution in [2.24, 2.45) is 0 Å². The number of rotatable bonds is 6. The normalized spacial score (nSPS) is 19.2. The average molecular weight is 697 g/mol. The number of hydrogen-bond acceptors (Lipinski definition) is 10. The summed E-state index contributed by atoms with van der Waals surface area (Å²) in [7, 11) is 1.53. The van der Waals surface area contributed by atoms with Gasteiger partial charge in [-0.2, -0.15) is 23.1 Å². The first-order valence-electron chi connectivity index (χ1n) is 14.9. The summed E-state index contributed by atoms with van der Waals surface area (Å²) < 4.78 is 101. The molecule has 2 aliphatic rings. The quantitative estimate of drug-likeness (QED) is 0.218. The van der Waals surface area contributed by atoms with Gasteiger partial charge in [-0.3, -0.25) is 4.90 Å². The van der Waals surface area contributed by atoms with Gasteiger partial charge in [0.2, 0.25) is 0 Å². The predicted molar refractivity (Wildman–Crippen MR) is 168 cm³/mol. The van der Waals surface area contributed by atoms with Crippen molar-refractivity contribution in [2.75, 3.05) is 43.1 Å². The summed E-state index contributed by atoms with van der Waals surface area (Å²) >= 11 is 6.73. The number of likely N-dealkylation sites (N-methyl/N-ethyl adjacent to an activating group) is 1. The topological polar surface area (TPSA) is 129 Å². The largest absolute Gasteiger partial charge is 0.489 e. The summed E-state index contributed by atoms with van der Waals surface area (Å²) in [4.78, 5) is 20.1. The molecule has 0 bridgehead atoms. The number of hydrogen-bond donors (Lipinski definition) is 2. The van der Waals surface area contributed by atoms with E-state index >= 15 is 4.39 Å². The number of anilines is 3. The van der Waals surface area contributed by atoms with E-state index < -0.39 is 82.4 Å². The zero-order chi connectivity index (χ0) is 34.9. The number of nitrogens with two attached hydrogens (primary N) is 2. The van der Waals surface area contributed by atoms with Crippen LogP contribution < -0.4 is 25.8 Å². The molecule has 3 atom stereocenters. The van der Waals surface area contributed by atoms with Crippen molar-refractivity contribution in [2.45, 2.75) is 57.5 Å². The molecule has 0 spiro atoms. The fraction of sp³-hybridized carbons (Fsp3) is 0.419. The maximum absolute atomic E-state index is 16.9. The molecule has 17 heteroatoms. The van der Waals surface area contributed by atoms with E-state index in [0.717, 1.165) is 6.07 Å². The molecule has 0 saturated carbocycles. The number of aryl methyl sites for hydroxylation is 1. The molecule has 1 aromatic carbocycles. The van der Waals surface area contributed by atoms with Crippen LogP contribution in [0.15, 0.2) is 24.4 Å². The number of likely N-dealkylation sites (tertiary alicyclic amines) is 1. The molecule has 1 unspecified atom stereocenters. The van der Waals surface area contributed by atoms with Crippen molar-refractivity contribution >= 4 is 40.0 Å². The molecule has 256 valence electrons. The van der Waals surface area contributed by atoms with E-state index in [2.05, 4.69) is 19.9 Å². The highest BCUT2D eigenvalue weighted by atomic mass is 35.5. The Hall–Kier alpha value is -4.31. The van der Waals surface area contributed by atoms with Crippen LogP contribution in [-0.2, 0) is 6.18 Å². The van der Waals surface area contributed by atoms with Gasteiger partial charge >= 0.3 is 12.2 Å². The first kappa shape index (κ1) is 33.6. The van der Waals surface area contributed by atoms with Crippen LogP contribution in [-0.4, -0.2) is 69.6 Å². The number of aromatic nitrogens is 4. The monoisotopic (exact) mass is 696 g/mol. The summed E-state index contributed by atoms with van der Waals surface area (Å²) in [6, 6.07) is 2.75. The van der Waals surface area contributed by atoms with Crippen molar-refractivity contribution in [1.82, 2.24) is 24.8 Å². The first-order valence-corrected chi connectivity index (χ1v) is 15.3. The number of nitrogens with zero attached hydrogens (tertiary/aromatic N) is 6. The number of benzene rings is 1. The summed E-state index contributed by atoms with van der Waals surface area (Å²) in [6.07, 6.45) is -4.85. The highest BCUT2D eigenvalue weighted by molar-refractivity contribution is 6.36. The zero-order valence-electron chi connectivity index (χ0n) is 26.2. The van der Waals surface area contributed by atoms with Gasteiger partial charge in [0.15, 0.2) is 11.6 Å². The summed E-state index contributed by atoms with van der Waals surface area (Å²) in [5, 5.41) is -0.549. The van der Waals surface area contributed by atoms with Crippen molar-refractivity contribution in [3.63, 3.8) is 0 Å². The minimum atomic E-state index is -4.97. The molecular formula is C31H31ClF6N8O2. The molecule has 2 aliphatic heterocycles. The highest BCUT2D eigenvalue weighted by Crippen LogP contribution is 2.51. The number of nitrogen functional groups attached to an aromatic ring is 2. The Bertz CT molecular complexity index is 1910. The molecule has 3 aromatic heterocycles. The standard InChI is InChI=1S/C31H31ClF6N8O2/c1-13-10-18(39)42-24(21(13)31(36,37)38)19-22(32)26-20-25(23(19)33)43-29(48-15(3)17-11-30(34,35)12-45(17)4)44-28(20)46(8-9-47-26)14(2)16-6-5-7-41-27(16)40/h5-7,10,14-15,17H,8-9,11-12H2,1-4H3,(H2,39,42)(H2,40,41)/t14-,15?,17+/m1/s1. The van der Waals surface area contributed by atoms with E-state index in [9.17, 15) is 22.0 Å². The highest BCUT2D eigenvalue weighted by Gasteiger charge is 2.46. The van der Waals surface area contributed by atoms with Crippen LogP contribution in [0.3, 0.4) is 0 Å². The Morgan fingerprint density at radius 2 is 1.90 bits per heavy atom. The predicted octanol–water partition coefficient (Wildman–Crippen LogP) is 6.44. The summed E-state index contributed by atoms with van der Waals surface area (Å²) in [6.45, 7) is 4.09. The van der Waals surface area contributed by atoms with E-state index in [-0.39, 0.29) is 47.3 Å². The lowest BCUT2D eigenvalue weighted by atomic mass is 9.98. The SMILES string of the molecule is Cc1cc(N)nc(-c2c(Cl)c3c4c(nc(OC(C)[C@@H]5CC(F)(F)CN5C)nc4c2F)N([C@H](C)c2cccnc2N)CCO3)c1C(F)(F)F. The van der Waals surface area contributed by atoms with Crippen LogP contribution in [0.25, 0.3) is 22.2 Å². The molecular weight excluding hydrogens is 666 g/mol. The molecule has 4 aromatic rings. The molecule has 1 saturated heterocycles. The first-order chi connectivity index (χ1) is 22.5. The molecule has 10 nitrogen and oxygen atoms in total. The van der Waals surface area contributed by atoms with Gasteiger partial charge in [0, 0.05) is 18.2 Å². The fourth-order valence-corrected chi connectivity index (χ4v) is 6.85. The maximum Gasteiger partial charge on any atom is 0.418 e. The third kappa shape index (κ3) is 5.84. The van der Waals surface area contributed by atoms with E-state index in [1.807, 2.05) is 0 Å². The van der Waals surface area contributed by atoms with Crippen molar-refractivity contribution in [3.8, 4) is 23.0 Å². The van der Waals surface area contributed by atoms with Gasteiger partial charge in [-0.15, -0.1) is 0 Å². The zero-order valence-corrected chi connectivity index (χ0v) is 26.9. The van der Waals surface area contributed by atoms with Crippen molar-refractivity contribution < 1.29 is 35.8 Å². The van der Waals surface area contributed by atoms with E-state index in [4.69, 9.17) is 32.5 Å². The van der Waals surface area contributed by atoms with Crippen LogP contribution in [0.4, 0.5) is 43.8 Å². The van der Waals surface area contributed by atoms with Gasteiger partial charge in [-0.1, -0.05) is 17.7 Å². The number of ether oxygens (including phenoxy) is 2. The lowest BCUT2D eigenvalue weighted by molar-refractivity contribution is -0.137. The third-order valence-corrected chi connectivity index (χ3v) is 9.09. The number of alkyl halides is 5. The van der Waals surface area contributed by atoms with Crippen molar-refractivity contribution in [1.29, 1.82) is 0 Å². The number of halogens is 7. The van der Waals surface area contributed by atoms with Gasteiger partial charge in [0.25, 0.3) is 5.92 Å². The second-order valence-electron chi connectivity index (χ2n) is 12.0. The Balaban J connectivity index is 1.61. The molecule has 0 aliphatic carbocycles. The van der Waals surface area contributed by atoms with E-state index in [1.165, 1.54) is 25.1 Å². The lowest BCUT2D eigenvalue weighted by Crippen LogP contribution is -2.38. The van der Waals surface area contributed by atoms with Gasteiger partial charge in [-0.25, -0.2) is 23.1 Å². The van der Waals surface area contributed by atoms with Crippen LogP contribution in [0, 0.1) is 12.7 Å². The molecule has 48 heavy (non-hydrogen) atoms. The number of pyridine rings is 2. The Morgan fingerprint density at radius 1 is 1.17 bits per heavy atom. The maximum atomic E-state index is 16.9. The van der Waals surface area contributed by atoms with Gasteiger partial charge in [0.05, 0.1) is 52.4 Å². The van der Waals surface area contributed by atoms with Gasteiger partial charge in [-0.05, 0) is 45.5 Å². The van der Waals surface area contributed by atoms with Crippen LogP contribution in [0.1, 0.15) is 43.0 Å². The Labute approximate surface area is 276 Å². The fourth-order valence-electron chi connectivity index (χ4n) is 6.53. The Morgan fingerprint density at radius 3 is 2.54 bits per heavy atom. The van der Waals surface area contributed by atoms with E-state index in [0.29, 0.717) is 5.56 Å². The van der Waals surface area contributed by atoms with Crippen LogP contribution in [0.2, 0.25) is 5.02 Å².